The highest BCUT2D eigenvalue weighted by Crippen LogP contribution is 2.31. The van der Waals surface area contributed by atoms with Gasteiger partial charge in [0.2, 0.25) is 0 Å². The van der Waals surface area contributed by atoms with Crippen molar-refractivity contribution < 1.29 is 18.7 Å². The second kappa shape index (κ2) is 6.68. The van der Waals surface area contributed by atoms with Gasteiger partial charge in [-0.3, -0.25) is 0 Å². The van der Waals surface area contributed by atoms with Gasteiger partial charge in [-0.2, -0.15) is 0 Å². The molecule has 0 fully saturated rings. The molecule has 0 aliphatic heterocycles. The summed E-state index contributed by atoms with van der Waals surface area (Å²) in [5.74, 6) is -1.65. The molecule has 0 amide bonds. The molecule has 0 spiro atoms. The molecule has 0 saturated carbocycles. The Labute approximate surface area is 154 Å². The molecule has 1 N–H and O–H groups in total. The van der Waals surface area contributed by atoms with Gasteiger partial charge in [0.05, 0.1) is 11.6 Å². The number of aromatic carboxylic acids is 1. The molecule has 4 rings (SSSR count). The normalized spacial score (nSPS) is 11.2. The third-order valence-electron chi connectivity index (χ3n) is 4.62. The molecule has 1 aromatic heterocycles. The van der Waals surface area contributed by atoms with Gasteiger partial charge in [0.1, 0.15) is 11.6 Å². The van der Waals surface area contributed by atoms with Crippen LogP contribution in [0.4, 0.5) is 8.78 Å². The van der Waals surface area contributed by atoms with Crippen molar-refractivity contribution in [3.63, 3.8) is 0 Å². The van der Waals surface area contributed by atoms with Crippen LogP contribution < -0.4 is 0 Å². The summed E-state index contributed by atoms with van der Waals surface area (Å²) in [6.45, 7) is 0. The smallest absolute Gasteiger partial charge is 0.335 e. The van der Waals surface area contributed by atoms with Crippen LogP contribution in [-0.2, 0) is 0 Å². The minimum Gasteiger partial charge on any atom is -0.478 e. The third kappa shape index (κ3) is 3.19. The van der Waals surface area contributed by atoms with E-state index in [2.05, 4.69) is 0 Å². The fourth-order valence-corrected chi connectivity index (χ4v) is 3.33. The van der Waals surface area contributed by atoms with Gasteiger partial charge < -0.3 is 9.67 Å². The maximum absolute atomic E-state index is 13.4. The molecule has 0 saturated heterocycles. The Kier molecular flexibility index (Phi) is 4.20. The first-order valence-corrected chi connectivity index (χ1v) is 8.38. The topological polar surface area (TPSA) is 42.2 Å². The molecule has 0 atom stereocenters. The highest BCUT2D eigenvalue weighted by atomic mass is 19.1. The molecule has 0 unspecified atom stereocenters. The summed E-state index contributed by atoms with van der Waals surface area (Å²) in [5, 5.41) is 9.97. The molecule has 27 heavy (non-hydrogen) atoms. The van der Waals surface area contributed by atoms with Crippen molar-refractivity contribution in [2.45, 2.75) is 6.04 Å². The van der Waals surface area contributed by atoms with Crippen LogP contribution in [0.5, 0.6) is 0 Å². The SMILES string of the molecule is O=C(O)c1ccc2c(ccn2C(c2ccc(F)cc2)c2ccc(F)cc2)c1. The average Bonchev–Trinajstić information content (AvgIpc) is 3.08. The molecule has 4 aromatic rings. The molecule has 0 radical (unpaired) electrons. The lowest BCUT2D eigenvalue weighted by molar-refractivity contribution is 0.0697. The van der Waals surface area contributed by atoms with Crippen molar-refractivity contribution in [2.75, 3.05) is 0 Å². The molecule has 134 valence electrons. The van der Waals surface area contributed by atoms with Gasteiger partial charge in [0.15, 0.2) is 0 Å². The van der Waals surface area contributed by atoms with Gasteiger partial charge in [0.25, 0.3) is 0 Å². The zero-order chi connectivity index (χ0) is 19.0. The van der Waals surface area contributed by atoms with Gasteiger partial charge in [-0.1, -0.05) is 24.3 Å². The number of hydrogen-bond acceptors (Lipinski definition) is 1. The van der Waals surface area contributed by atoms with E-state index in [1.54, 1.807) is 42.5 Å². The Morgan fingerprint density at radius 3 is 1.89 bits per heavy atom. The molecule has 5 heteroatoms. The second-order valence-corrected chi connectivity index (χ2v) is 6.31. The molecule has 0 bridgehead atoms. The minimum atomic E-state index is -0.988. The number of nitrogens with zero attached hydrogens (tertiary/aromatic N) is 1. The summed E-state index contributed by atoms with van der Waals surface area (Å²) in [6, 6.07) is 18.8. The van der Waals surface area contributed by atoms with Crippen LogP contribution in [0.3, 0.4) is 0 Å². The Morgan fingerprint density at radius 2 is 1.37 bits per heavy atom. The van der Waals surface area contributed by atoms with Crippen molar-refractivity contribution in [1.29, 1.82) is 0 Å². The van der Waals surface area contributed by atoms with Crippen molar-refractivity contribution in [2.24, 2.45) is 0 Å². The number of rotatable bonds is 4. The zero-order valence-electron chi connectivity index (χ0n) is 14.1. The van der Waals surface area contributed by atoms with Crippen LogP contribution in [0, 0.1) is 11.6 Å². The van der Waals surface area contributed by atoms with E-state index in [4.69, 9.17) is 0 Å². The summed E-state index contributed by atoms with van der Waals surface area (Å²) < 4.78 is 28.8. The van der Waals surface area contributed by atoms with Crippen LogP contribution in [0.25, 0.3) is 10.9 Å². The molecule has 3 aromatic carbocycles. The van der Waals surface area contributed by atoms with Crippen LogP contribution in [0.15, 0.2) is 79.0 Å². The largest absolute Gasteiger partial charge is 0.478 e. The lowest BCUT2D eigenvalue weighted by Crippen LogP contribution is -2.11. The van der Waals surface area contributed by atoms with Gasteiger partial charge in [0, 0.05) is 17.1 Å². The first kappa shape index (κ1) is 17.0. The molecule has 1 heterocycles. The van der Waals surface area contributed by atoms with E-state index in [9.17, 15) is 18.7 Å². The maximum Gasteiger partial charge on any atom is 0.335 e. The van der Waals surface area contributed by atoms with Crippen molar-refractivity contribution in [1.82, 2.24) is 4.57 Å². The summed E-state index contributed by atoms with van der Waals surface area (Å²) in [6.07, 6.45) is 1.85. The van der Waals surface area contributed by atoms with Crippen molar-refractivity contribution in [3.05, 3.63) is 107 Å². The number of carboxylic acid groups (broad SMARTS) is 1. The molecular formula is C22H15F2NO2. The lowest BCUT2D eigenvalue weighted by atomic mass is 9.98. The van der Waals surface area contributed by atoms with E-state index in [0.717, 1.165) is 22.0 Å². The second-order valence-electron chi connectivity index (χ2n) is 6.31. The van der Waals surface area contributed by atoms with Crippen molar-refractivity contribution >= 4 is 16.9 Å². The van der Waals surface area contributed by atoms with Crippen LogP contribution in [0.1, 0.15) is 27.5 Å². The highest BCUT2D eigenvalue weighted by Gasteiger charge is 2.19. The monoisotopic (exact) mass is 363 g/mol. The fourth-order valence-electron chi connectivity index (χ4n) is 3.33. The third-order valence-corrected chi connectivity index (χ3v) is 4.62. The quantitative estimate of drug-likeness (QED) is 0.538. The van der Waals surface area contributed by atoms with Crippen LogP contribution >= 0.6 is 0 Å². The number of carbonyl (C=O) groups is 1. The standard InChI is InChI=1S/C22H15F2NO2/c23-18-6-1-14(2-7-18)21(15-3-8-19(24)9-4-15)25-12-11-16-13-17(22(26)27)5-10-20(16)25/h1-13,21H,(H,26,27). The first-order chi connectivity index (χ1) is 13.0. The number of carboxylic acids is 1. The number of benzene rings is 3. The van der Waals surface area contributed by atoms with E-state index in [1.165, 1.54) is 24.3 Å². The van der Waals surface area contributed by atoms with Crippen LogP contribution in [-0.4, -0.2) is 15.6 Å². The predicted octanol–water partition coefficient (Wildman–Crippen LogP) is 5.26. The Hall–Kier alpha value is -3.47. The number of aromatic nitrogens is 1. The van der Waals surface area contributed by atoms with Gasteiger partial charge >= 0.3 is 5.97 Å². The van der Waals surface area contributed by atoms with E-state index >= 15 is 0 Å². The summed E-state index contributed by atoms with van der Waals surface area (Å²) >= 11 is 0. The lowest BCUT2D eigenvalue weighted by Gasteiger charge is -2.22. The summed E-state index contributed by atoms with van der Waals surface area (Å²) in [5.41, 5.74) is 2.71. The molecular weight excluding hydrogens is 348 g/mol. The molecule has 0 aliphatic rings. The van der Waals surface area contributed by atoms with E-state index in [-0.39, 0.29) is 23.2 Å². The Bertz CT molecular complexity index is 1070. The fraction of sp³-hybridized carbons (Fsp3) is 0.0455. The Morgan fingerprint density at radius 1 is 0.815 bits per heavy atom. The van der Waals surface area contributed by atoms with Crippen LogP contribution in [0.2, 0.25) is 0 Å². The molecule has 3 nitrogen and oxygen atoms in total. The van der Waals surface area contributed by atoms with Gasteiger partial charge in [-0.15, -0.1) is 0 Å². The number of fused-ring (bicyclic) bond motifs is 1. The van der Waals surface area contributed by atoms with Gasteiger partial charge in [-0.05, 0) is 59.7 Å². The van der Waals surface area contributed by atoms with E-state index in [0.29, 0.717) is 0 Å². The molecule has 0 aliphatic carbocycles. The zero-order valence-corrected chi connectivity index (χ0v) is 14.1. The average molecular weight is 363 g/mol. The highest BCUT2D eigenvalue weighted by molar-refractivity contribution is 5.93. The maximum atomic E-state index is 13.4. The minimum absolute atomic E-state index is 0.209. The summed E-state index contributed by atoms with van der Waals surface area (Å²) in [4.78, 5) is 11.2. The van der Waals surface area contributed by atoms with Gasteiger partial charge in [-0.25, -0.2) is 13.6 Å². The number of halogens is 2. The Balaban J connectivity index is 1.90. The van der Waals surface area contributed by atoms with E-state index in [1.807, 2.05) is 16.8 Å². The van der Waals surface area contributed by atoms with E-state index < -0.39 is 5.97 Å². The predicted molar refractivity (Wildman–Crippen MR) is 98.9 cm³/mol. The van der Waals surface area contributed by atoms with Crippen molar-refractivity contribution in [3.8, 4) is 0 Å². The first-order valence-electron chi connectivity index (χ1n) is 8.38. The summed E-state index contributed by atoms with van der Waals surface area (Å²) in [7, 11) is 0. The number of hydrogen-bond donors (Lipinski definition) is 1.